The SMILES string of the molecule is CNCC(O)COc1cccc(-c2nc(N3CCOCC3)c3cnn(C(C)(C)C)c3n2)c1. The summed E-state index contributed by atoms with van der Waals surface area (Å²) in [5.41, 5.74) is 1.44. The highest BCUT2D eigenvalue weighted by atomic mass is 16.5. The molecule has 1 aliphatic rings. The van der Waals surface area contributed by atoms with Crippen LogP contribution in [0.15, 0.2) is 30.5 Å². The number of morpholine rings is 1. The Hall–Kier alpha value is -2.75. The van der Waals surface area contributed by atoms with Gasteiger partial charge in [-0.05, 0) is 40.0 Å². The van der Waals surface area contributed by atoms with E-state index in [1.54, 1.807) is 7.05 Å². The molecule has 2 aromatic heterocycles. The number of aliphatic hydroxyl groups is 1. The van der Waals surface area contributed by atoms with E-state index in [4.69, 9.17) is 19.4 Å². The monoisotopic (exact) mass is 440 g/mol. The molecule has 3 heterocycles. The van der Waals surface area contributed by atoms with E-state index in [0.717, 1.165) is 35.5 Å². The van der Waals surface area contributed by atoms with Crippen LogP contribution in [0.2, 0.25) is 0 Å². The predicted molar refractivity (Wildman–Crippen MR) is 124 cm³/mol. The Morgan fingerprint density at radius 2 is 2.00 bits per heavy atom. The molecule has 1 saturated heterocycles. The predicted octanol–water partition coefficient (Wildman–Crippen LogP) is 2.04. The van der Waals surface area contributed by atoms with Gasteiger partial charge in [-0.2, -0.15) is 5.10 Å². The lowest BCUT2D eigenvalue weighted by molar-refractivity contribution is 0.108. The number of ether oxygens (including phenoxy) is 2. The molecule has 9 heteroatoms. The van der Waals surface area contributed by atoms with Gasteiger partial charge in [-0.15, -0.1) is 0 Å². The van der Waals surface area contributed by atoms with Crippen LogP contribution in [0, 0.1) is 0 Å². The Labute approximate surface area is 188 Å². The third-order valence-corrected chi connectivity index (χ3v) is 5.33. The third-order valence-electron chi connectivity index (χ3n) is 5.33. The number of nitrogens with zero attached hydrogens (tertiary/aromatic N) is 5. The first kappa shape index (κ1) is 22.4. The lowest BCUT2D eigenvalue weighted by Gasteiger charge is -2.28. The van der Waals surface area contributed by atoms with Gasteiger partial charge in [0.2, 0.25) is 0 Å². The van der Waals surface area contributed by atoms with Gasteiger partial charge in [0.05, 0.1) is 30.3 Å². The zero-order valence-corrected chi connectivity index (χ0v) is 19.2. The van der Waals surface area contributed by atoms with Crippen LogP contribution in [0.3, 0.4) is 0 Å². The smallest absolute Gasteiger partial charge is 0.164 e. The van der Waals surface area contributed by atoms with E-state index in [-0.39, 0.29) is 12.1 Å². The number of benzene rings is 1. The fraction of sp³-hybridized carbons (Fsp3) is 0.522. The molecule has 1 atom stereocenters. The van der Waals surface area contributed by atoms with E-state index in [0.29, 0.717) is 31.3 Å². The van der Waals surface area contributed by atoms with E-state index < -0.39 is 6.10 Å². The van der Waals surface area contributed by atoms with Crippen LogP contribution in [0.1, 0.15) is 20.8 Å². The lowest BCUT2D eigenvalue weighted by Crippen LogP contribution is -2.37. The van der Waals surface area contributed by atoms with Gasteiger partial charge in [-0.3, -0.25) is 0 Å². The lowest BCUT2D eigenvalue weighted by atomic mass is 10.1. The number of aromatic nitrogens is 4. The van der Waals surface area contributed by atoms with Crippen molar-refractivity contribution in [2.45, 2.75) is 32.4 Å². The standard InChI is InChI=1S/C23H32N6O3/c1-23(2,3)29-22-19(14-25-29)21(28-8-10-31-11-9-28)26-20(27-22)16-6-5-7-18(12-16)32-15-17(30)13-24-4/h5-7,12,14,17,24,30H,8-11,13,15H2,1-4H3. The fourth-order valence-corrected chi connectivity index (χ4v) is 3.74. The molecule has 172 valence electrons. The number of hydrogen-bond donors (Lipinski definition) is 2. The summed E-state index contributed by atoms with van der Waals surface area (Å²) < 4.78 is 13.3. The molecule has 9 nitrogen and oxygen atoms in total. The third kappa shape index (κ3) is 4.85. The largest absolute Gasteiger partial charge is 0.491 e. The van der Waals surface area contributed by atoms with E-state index in [2.05, 4.69) is 36.1 Å². The second-order valence-electron chi connectivity index (χ2n) is 8.99. The van der Waals surface area contributed by atoms with Gasteiger partial charge in [-0.1, -0.05) is 12.1 Å². The van der Waals surface area contributed by atoms with Gasteiger partial charge in [0.1, 0.15) is 24.3 Å². The number of fused-ring (bicyclic) bond motifs is 1. The molecule has 0 aliphatic carbocycles. The fourth-order valence-electron chi connectivity index (χ4n) is 3.74. The zero-order chi connectivity index (χ0) is 22.7. The summed E-state index contributed by atoms with van der Waals surface area (Å²) >= 11 is 0. The Kier molecular flexibility index (Phi) is 6.59. The minimum absolute atomic E-state index is 0.208. The van der Waals surface area contributed by atoms with E-state index in [9.17, 15) is 5.11 Å². The Balaban J connectivity index is 1.74. The first-order valence-corrected chi connectivity index (χ1v) is 11.0. The molecule has 4 rings (SSSR count). The summed E-state index contributed by atoms with van der Waals surface area (Å²) in [6.45, 7) is 9.91. The highest BCUT2D eigenvalue weighted by molar-refractivity contribution is 5.89. The molecule has 0 saturated carbocycles. The normalized spacial score (nSPS) is 15.8. The molecule has 3 aromatic rings. The molecule has 32 heavy (non-hydrogen) atoms. The van der Waals surface area contributed by atoms with Crippen molar-refractivity contribution in [3.63, 3.8) is 0 Å². The second kappa shape index (κ2) is 9.40. The van der Waals surface area contributed by atoms with Crippen LogP contribution in [-0.4, -0.2) is 77.5 Å². The van der Waals surface area contributed by atoms with E-state index in [1.165, 1.54) is 0 Å². The molecule has 0 radical (unpaired) electrons. The molecule has 0 bridgehead atoms. The first-order chi connectivity index (χ1) is 15.4. The van der Waals surface area contributed by atoms with E-state index in [1.807, 2.05) is 35.1 Å². The molecule has 1 unspecified atom stereocenters. The molecule has 0 spiro atoms. The van der Waals surface area contributed by atoms with Gasteiger partial charge < -0.3 is 24.8 Å². The van der Waals surface area contributed by atoms with Gasteiger partial charge in [-0.25, -0.2) is 14.6 Å². The van der Waals surface area contributed by atoms with Crippen LogP contribution >= 0.6 is 0 Å². The number of aliphatic hydroxyl groups excluding tert-OH is 1. The van der Waals surface area contributed by atoms with E-state index >= 15 is 0 Å². The number of anilines is 1. The minimum atomic E-state index is -0.578. The number of nitrogens with one attached hydrogen (secondary N) is 1. The van der Waals surface area contributed by atoms with Crippen LogP contribution in [-0.2, 0) is 10.3 Å². The van der Waals surface area contributed by atoms with Gasteiger partial charge in [0.25, 0.3) is 0 Å². The number of rotatable bonds is 7. The summed E-state index contributed by atoms with van der Waals surface area (Å²) in [6, 6.07) is 7.67. The Morgan fingerprint density at radius 3 is 2.72 bits per heavy atom. The van der Waals surface area contributed by atoms with Crippen molar-refractivity contribution in [2.75, 3.05) is 51.4 Å². The summed E-state index contributed by atoms with van der Waals surface area (Å²) in [7, 11) is 1.80. The van der Waals surface area contributed by atoms with Crippen molar-refractivity contribution in [1.29, 1.82) is 0 Å². The van der Waals surface area contributed by atoms with Crippen LogP contribution in [0.25, 0.3) is 22.4 Å². The average molecular weight is 441 g/mol. The van der Waals surface area contributed by atoms with Crippen LogP contribution in [0.4, 0.5) is 5.82 Å². The summed E-state index contributed by atoms with van der Waals surface area (Å²) in [4.78, 5) is 12.1. The maximum atomic E-state index is 9.94. The molecular weight excluding hydrogens is 408 g/mol. The topological polar surface area (TPSA) is 97.6 Å². The zero-order valence-electron chi connectivity index (χ0n) is 19.2. The molecule has 1 aromatic carbocycles. The van der Waals surface area contributed by atoms with Crippen LogP contribution in [0.5, 0.6) is 5.75 Å². The first-order valence-electron chi connectivity index (χ1n) is 11.0. The minimum Gasteiger partial charge on any atom is -0.491 e. The van der Waals surface area contributed by atoms with Crippen molar-refractivity contribution in [1.82, 2.24) is 25.1 Å². The van der Waals surface area contributed by atoms with Crippen molar-refractivity contribution in [3.05, 3.63) is 30.5 Å². The van der Waals surface area contributed by atoms with Crippen LogP contribution < -0.4 is 15.0 Å². The quantitative estimate of drug-likeness (QED) is 0.576. The van der Waals surface area contributed by atoms with Crippen molar-refractivity contribution in [2.24, 2.45) is 0 Å². The number of likely N-dealkylation sites (N-methyl/N-ethyl adjacent to an activating group) is 1. The van der Waals surface area contributed by atoms with Crippen molar-refractivity contribution < 1.29 is 14.6 Å². The average Bonchev–Trinajstić information content (AvgIpc) is 3.23. The summed E-state index contributed by atoms with van der Waals surface area (Å²) in [6.07, 6.45) is 1.28. The highest BCUT2D eigenvalue weighted by Crippen LogP contribution is 2.31. The molecule has 1 fully saturated rings. The highest BCUT2D eigenvalue weighted by Gasteiger charge is 2.24. The van der Waals surface area contributed by atoms with Gasteiger partial charge in [0, 0.05) is 25.2 Å². The Morgan fingerprint density at radius 1 is 1.22 bits per heavy atom. The molecule has 1 aliphatic heterocycles. The molecular formula is C23H32N6O3. The second-order valence-corrected chi connectivity index (χ2v) is 8.99. The molecule has 2 N–H and O–H groups in total. The van der Waals surface area contributed by atoms with Crippen molar-refractivity contribution >= 4 is 16.9 Å². The van der Waals surface area contributed by atoms with Gasteiger partial charge >= 0.3 is 0 Å². The maximum Gasteiger partial charge on any atom is 0.164 e. The Bertz CT molecular complexity index is 1060. The summed E-state index contributed by atoms with van der Waals surface area (Å²) in [5.74, 6) is 2.16. The van der Waals surface area contributed by atoms with Gasteiger partial charge in [0.15, 0.2) is 11.5 Å². The molecule has 0 amide bonds. The van der Waals surface area contributed by atoms with Crippen molar-refractivity contribution in [3.8, 4) is 17.1 Å². The maximum absolute atomic E-state index is 9.94. The summed E-state index contributed by atoms with van der Waals surface area (Å²) in [5, 5.41) is 18.5. The number of hydrogen-bond acceptors (Lipinski definition) is 8.